The Kier molecular flexibility index (Phi) is 4.35. The van der Waals surface area contributed by atoms with E-state index in [4.69, 9.17) is 18.0 Å². The van der Waals surface area contributed by atoms with Crippen LogP contribution in [-0.2, 0) is 0 Å². The smallest absolute Gasteiger partial charge is 0.125 e. The van der Waals surface area contributed by atoms with E-state index in [0.29, 0.717) is 16.9 Å². The van der Waals surface area contributed by atoms with Gasteiger partial charge in [-0.2, -0.15) is 0 Å². The van der Waals surface area contributed by atoms with Crippen molar-refractivity contribution in [3.63, 3.8) is 0 Å². The van der Waals surface area contributed by atoms with E-state index in [0.717, 1.165) is 15.9 Å². The van der Waals surface area contributed by atoms with Crippen LogP contribution < -0.4 is 11.1 Å². The summed E-state index contributed by atoms with van der Waals surface area (Å²) in [4.78, 5) is 4.60. The molecule has 0 fully saturated rings. The topological polar surface area (TPSA) is 50.9 Å². The summed E-state index contributed by atoms with van der Waals surface area (Å²) in [6.07, 6.45) is 0. The highest BCUT2D eigenvalue weighted by Crippen LogP contribution is 2.29. The molecule has 0 saturated heterocycles. The Morgan fingerprint density at radius 3 is 2.65 bits per heavy atom. The van der Waals surface area contributed by atoms with Crippen LogP contribution in [0.3, 0.4) is 0 Å². The zero-order valence-corrected chi connectivity index (χ0v) is 13.4. The maximum atomic E-state index is 13.3. The van der Waals surface area contributed by atoms with E-state index < -0.39 is 0 Å². The molecule has 0 aliphatic carbocycles. The third-order valence-electron chi connectivity index (χ3n) is 2.77. The van der Waals surface area contributed by atoms with Crippen LogP contribution in [0.5, 0.6) is 0 Å². The summed E-state index contributed by atoms with van der Waals surface area (Å²) in [6.45, 7) is 3.72. The van der Waals surface area contributed by atoms with Crippen molar-refractivity contribution in [1.82, 2.24) is 4.98 Å². The SMILES string of the molecule is Cc1cc(Nc2cc(F)ccc2Br)c(C(N)=S)c(C)n1. The molecule has 0 aliphatic heterocycles. The van der Waals surface area contributed by atoms with Crippen LogP contribution in [0.15, 0.2) is 28.7 Å². The second kappa shape index (κ2) is 5.85. The summed E-state index contributed by atoms with van der Waals surface area (Å²) >= 11 is 8.44. The fourth-order valence-electron chi connectivity index (χ4n) is 1.98. The average molecular weight is 354 g/mol. The Hall–Kier alpha value is -1.53. The summed E-state index contributed by atoms with van der Waals surface area (Å²) < 4.78 is 14.1. The molecule has 3 nitrogen and oxygen atoms in total. The summed E-state index contributed by atoms with van der Waals surface area (Å²) in [5, 5.41) is 3.15. The number of pyridine rings is 1. The maximum Gasteiger partial charge on any atom is 0.125 e. The minimum atomic E-state index is -0.324. The number of halogens is 2. The van der Waals surface area contributed by atoms with Gasteiger partial charge >= 0.3 is 0 Å². The molecule has 0 radical (unpaired) electrons. The third-order valence-corrected chi connectivity index (χ3v) is 3.67. The fraction of sp³-hybridized carbons (Fsp3) is 0.143. The van der Waals surface area contributed by atoms with Crippen molar-refractivity contribution in [2.45, 2.75) is 13.8 Å². The zero-order valence-electron chi connectivity index (χ0n) is 11.0. The van der Waals surface area contributed by atoms with Crippen LogP contribution in [0.25, 0.3) is 0 Å². The van der Waals surface area contributed by atoms with Gasteiger partial charge < -0.3 is 11.1 Å². The number of nitrogens with zero attached hydrogens (tertiary/aromatic N) is 1. The number of benzene rings is 1. The number of rotatable bonds is 3. The van der Waals surface area contributed by atoms with Crippen molar-refractivity contribution in [2.75, 3.05) is 5.32 Å². The first-order chi connectivity index (χ1) is 9.38. The molecule has 2 aromatic rings. The lowest BCUT2D eigenvalue weighted by molar-refractivity contribution is 0.628. The van der Waals surface area contributed by atoms with Crippen LogP contribution in [0.2, 0.25) is 0 Å². The van der Waals surface area contributed by atoms with Crippen molar-refractivity contribution < 1.29 is 4.39 Å². The lowest BCUT2D eigenvalue weighted by Crippen LogP contribution is -2.15. The third kappa shape index (κ3) is 3.13. The Labute approximate surface area is 130 Å². The summed E-state index contributed by atoms with van der Waals surface area (Å²) in [5.74, 6) is -0.324. The molecular formula is C14H13BrFN3S. The molecule has 1 aromatic carbocycles. The monoisotopic (exact) mass is 353 g/mol. The lowest BCUT2D eigenvalue weighted by Gasteiger charge is -2.15. The van der Waals surface area contributed by atoms with Crippen LogP contribution in [-0.4, -0.2) is 9.97 Å². The highest BCUT2D eigenvalue weighted by molar-refractivity contribution is 9.10. The second-order valence-electron chi connectivity index (χ2n) is 4.39. The molecule has 20 heavy (non-hydrogen) atoms. The van der Waals surface area contributed by atoms with Gasteiger partial charge in [-0.05, 0) is 54.0 Å². The van der Waals surface area contributed by atoms with Crippen LogP contribution in [0.1, 0.15) is 17.0 Å². The Bertz CT molecular complexity index is 688. The molecule has 6 heteroatoms. The Balaban J connectivity index is 2.53. The van der Waals surface area contributed by atoms with Crippen molar-refractivity contribution in [2.24, 2.45) is 5.73 Å². The molecule has 0 amide bonds. The van der Waals surface area contributed by atoms with Gasteiger partial charge in [-0.1, -0.05) is 12.2 Å². The Morgan fingerprint density at radius 2 is 2.00 bits per heavy atom. The molecule has 0 aliphatic rings. The quantitative estimate of drug-likeness (QED) is 0.819. The van der Waals surface area contributed by atoms with Gasteiger partial charge in [-0.15, -0.1) is 0 Å². The minimum Gasteiger partial charge on any atom is -0.389 e. The van der Waals surface area contributed by atoms with Gasteiger partial charge in [0.2, 0.25) is 0 Å². The average Bonchev–Trinajstić information content (AvgIpc) is 2.32. The summed E-state index contributed by atoms with van der Waals surface area (Å²) in [7, 11) is 0. The van der Waals surface area contributed by atoms with E-state index in [1.807, 2.05) is 19.9 Å². The predicted octanol–water partition coefficient (Wildman–Crippen LogP) is 3.98. The molecule has 0 atom stereocenters. The van der Waals surface area contributed by atoms with Crippen LogP contribution in [0, 0.1) is 19.7 Å². The molecule has 0 unspecified atom stereocenters. The standard InChI is InChI=1S/C14H13BrFN3S/c1-7-5-12(13(14(17)20)8(2)18-7)19-11-6-9(16)3-4-10(11)15/h3-6H,1-2H3,(H2,17,20)(H,18,19). The van der Waals surface area contributed by atoms with Crippen LogP contribution in [0.4, 0.5) is 15.8 Å². The number of aromatic nitrogens is 1. The van der Waals surface area contributed by atoms with E-state index >= 15 is 0 Å². The molecule has 1 aromatic heterocycles. The van der Waals surface area contributed by atoms with Crippen molar-refractivity contribution >= 4 is 44.5 Å². The number of thiocarbonyl (C=S) groups is 1. The highest BCUT2D eigenvalue weighted by atomic mass is 79.9. The van der Waals surface area contributed by atoms with Gasteiger partial charge in [-0.25, -0.2) is 4.39 Å². The van der Waals surface area contributed by atoms with Gasteiger partial charge in [0.25, 0.3) is 0 Å². The molecule has 0 bridgehead atoms. The van der Waals surface area contributed by atoms with E-state index in [1.54, 1.807) is 6.07 Å². The largest absolute Gasteiger partial charge is 0.389 e. The van der Waals surface area contributed by atoms with Gasteiger partial charge in [-0.3, -0.25) is 4.98 Å². The maximum absolute atomic E-state index is 13.3. The molecule has 0 saturated carbocycles. The van der Waals surface area contributed by atoms with Gasteiger partial charge in [0, 0.05) is 15.9 Å². The highest BCUT2D eigenvalue weighted by Gasteiger charge is 2.12. The van der Waals surface area contributed by atoms with Crippen molar-refractivity contribution in [1.29, 1.82) is 0 Å². The molecular weight excluding hydrogens is 341 g/mol. The first kappa shape index (κ1) is 14.9. The van der Waals surface area contributed by atoms with Gasteiger partial charge in [0.15, 0.2) is 0 Å². The number of aryl methyl sites for hydroxylation is 2. The minimum absolute atomic E-state index is 0.255. The van der Waals surface area contributed by atoms with Crippen LogP contribution >= 0.6 is 28.1 Å². The predicted molar refractivity (Wildman–Crippen MR) is 87.0 cm³/mol. The molecule has 2 rings (SSSR count). The molecule has 3 N–H and O–H groups in total. The van der Waals surface area contributed by atoms with E-state index in [2.05, 4.69) is 26.2 Å². The molecule has 104 valence electrons. The van der Waals surface area contributed by atoms with Gasteiger partial charge in [0.1, 0.15) is 10.8 Å². The van der Waals surface area contributed by atoms with Crippen molar-refractivity contribution in [3.05, 3.63) is 51.5 Å². The number of nitrogens with one attached hydrogen (secondary N) is 1. The summed E-state index contributed by atoms with van der Waals surface area (Å²) in [6, 6.07) is 6.25. The van der Waals surface area contributed by atoms with Gasteiger partial charge in [0.05, 0.1) is 16.9 Å². The Morgan fingerprint density at radius 1 is 1.30 bits per heavy atom. The first-order valence-corrected chi connectivity index (χ1v) is 7.08. The van der Waals surface area contributed by atoms with E-state index in [9.17, 15) is 4.39 Å². The van der Waals surface area contributed by atoms with E-state index in [-0.39, 0.29) is 10.8 Å². The lowest BCUT2D eigenvalue weighted by atomic mass is 10.1. The zero-order chi connectivity index (χ0) is 14.9. The number of anilines is 2. The van der Waals surface area contributed by atoms with E-state index in [1.165, 1.54) is 12.1 Å². The van der Waals surface area contributed by atoms with Crippen molar-refractivity contribution in [3.8, 4) is 0 Å². The second-order valence-corrected chi connectivity index (χ2v) is 5.68. The first-order valence-electron chi connectivity index (χ1n) is 5.88. The number of nitrogens with two attached hydrogens (primary N) is 1. The fourth-order valence-corrected chi connectivity index (χ4v) is 2.58. The number of hydrogen-bond donors (Lipinski definition) is 2. The summed E-state index contributed by atoms with van der Waals surface area (Å²) in [5.41, 5.74) is 9.32. The molecule has 1 heterocycles. The molecule has 0 spiro atoms. The number of hydrogen-bond acceptors (Lipinski definition) is 3. The normalized spacial score (nSPS) is 10.4.